The molecule has 0 spiro atoms. The van der Waals surface area contributed by atoms with Crippen LogP contribution >= 0.6 is 0 Å². The van der Waals surface area contributed by atoms with Crippen LogP contribution in [0.25, 0.3) is 11.0 Å². The molecule has 8 nitrogen and oxygen atoms in total. The Morgan fingerprint density at radius 2 is 2.04 bits per heavy atom. The Bertz CT molecular complexity index is 773. The molecule has 1 aromatic heterocycles. The van der Waals surface area contributed by atoms with Gasteiger partial charge in [-0.05, 0) is 18.6 Å². The smallest absolute Gasteiger partial charge is 0.224 e. The number of carbonyl (C=O) groups excluding carboxylic acids is 1. The van der Waals surface area contributed by atoms with Gasteiger partial charge in [0.05, 0.1) is 37.4 Å². The van der Waals surface area contributed by atoms with Gasteiger partial charge in [0.15, 0.2) is 0 Å². The number of aryl methyl sites for hydroxylation is 1. The van der Waals surface area contributed by atoms with E-state index in [2.05, 4.69) is 15.2 Å². The van der Waals surface area contributed by atoms with E-state index < -0.39 is 5.60 Å². The minimum atomic E-state index is -0.813. The average Bonchev–Trinajstić information content (AvgIpc) is 3.24. The minimum absolute atomic E-state index is 0.0579. The van der Waals surface area contributed by atoms with Crippen molar-refractivity contribution in [3.05, 3.63) is 24.3 Å². The van der Waals surface area contributed by atoms with Crippen LogP contribution in [0.2, 0.25) is 0 Å². The Labute approximate surface area is 152 Å². The molecule has 0 unspecified atom stereocenters. The third kappa shape index (κ3) is 3.72. The van der Waals surface area contributed by atoms with Crippen LogP contribution in [-0.4, -0.2) is 87.3 Å². The van der Waals surface area contributed by atoms with Crippen molar-refractivity contribution in [2.24, 2.45) is 0 Å². The highest BCUT2D eigenvalue weighted by atomic mass is 16.5. The highest BCUT2D eigenvalue weighted by Gasteiger charge is 2.39. The van der Waals surface area contributed by atoms with Crippen molar-refractivity contribution >= 4 is 16.9 Å². The number of aliphatic hydroxyl groups is 1. The number of nitrogens with zero attached hydrogens (tertiary/aromatic N) is 5. The molecule has 140 valence electrons. The van der Waals surface area contributed by atoms with E-state index in [1.807, 2.05) is 24.3 Å². The maximum absolute atomic E-state index is 12.6. The molecule has 1 aromatic carbocycles. The molecule has 1 amide bonds. The second-order valence-corrected chi connectivity index (χ2v) is 7.23. The summed E-state index contributed by atoms with van der Waals surface area (Å²) in [6.07, 6.45) is 0.989. The first kappa shape index (κ1) is 17.4. The van der Waals surface area contributed by atoms with Gasteiger partial charge in [0, 0.05) is 32.6 Å². The normalized spacial score (nSPS) is 24.4. The van der Waals surface area contributed by atoms with Crippen molar-refractivity contribution in [3.8, 4) is 0 Å². The zero-order valence-electron chi connectivity index (χ0n) is 14.9. The number of para-hydroxylation sites is 1. The van der Waals surface area contributed by atoms with Gasteiger partial charge in [0.2, 0.25) is 5.91 Å². The number of hydrogen-bond acceptors (Lipinski definition) is 6. The summed E-state index contributed by atoms with van der Waals surface area (Å²) in [5.74, 6) is 0.0579. The van der Waals surface area contributed by atoms with Gasteiger partial charge >= 0.3 is 0 Å². The molecule has 1 N–H and O–H groups in total. The van der Waals surface area contributed by atoms with Crippen LogP contribution in [-0.2, 0) is 16.1 Å². The molecule has 8 heteroatoms. The Hall–Kier alpha value is -2.03. The van der Waals surface area contributed by atoms with Gasteiger partial charge in [-0.15, -0.1) is 5.10 Å². The molecule has 2 aromatic rings. The van der Waals surface area contributed by atoms with E-state index >= 15 is 0 Å². The van der Waals surface area contributed by atoms with Gasteiger partial charge in [-0.1, -0.05) is 17.3 Å². The van der Waals surface area contributed by atoms with Crippen LogP contribution < -0.4 is 0 Å². The second-order valence-electron chi connectivity index (χ2n) is 7.23. The van der Waals surface area contributed by atoms with Crippen LogP contribution in [0.5, 0.6) is 0 Å². The van der Waals surface area contributed by atoms with E-state index in [9.17, 15) is 9.90 Å². The van der Waals surface area contributed by atoms with Crippen LogP contribution in [0.4, 0.5) is 0 Å². The van der Waals surface area contributed by atoms with E-state index in [4.69, 9.17) is 4.74 Å². The highest BCUT2D eigenvalue weighted by Crippen LogP contribution is 2.24. The first-order valence-electron chi connectivity index (χ1n) is 9.21. The number of β-amino-alcohol motifs (C(OH)–C–C–N with tert-alkyl or cyclic N) is 1. The largest absolute Gasteiger partial charge is 0.387 e. The van der Waals surface area contributed by atoms with Crippen molar-refractivity contribution in [2.75, 3.05) is 45.9 Å². The number of ether oxygens (including phenoxy) is 1. The number of amides is 1. The lowest BCUT2D eigenvalue weighted by molar-refractivity contribution is -0.131. The third-order valence-corrected chi connectivity index (χ3v) is 5.26. The van der Waals surface area contributed by atoms with Gasteiger partial charge in [0.25, 0.3) is 0 Å². The second kappa shape index (κ2) is 7.30. The van der Waals surface area contributed by atoms with E-state index in [1.165, 1.54) is 0 Å². The number of rotatable bonds is 5. The Balaban J connectivity index is 1.31. The van der Waals surface area contributed by atoms with Crippen molar-refractivity contribution in [3.63, 3.8) is 0 Å². The number of benzene rings is 1. The summed E-state index contributed by atoms with van der Waals surface area (Å²) in [6.45, 7) is 5.23. The molecule has 3 heterocycles. The van der Waals surface area contributed by atoms with Crippen LogP contribution in [0.3, 0.4) is 0 Å². The van der Waals surface area contributed by atoms with Gasteiger partial charge in [-0.25, -0.2) is 4.68 Å². The van der Waals surface area contributed by atoms with E-state index in [-0.39, 0.29) is 5.91 Å². The van der Waals surface area contributed by atoms with Gasteiger partial charge < -0.3 is 14.7 Å². The van der Waals surface area contributed by atoms with Gasteiger partial charge in [-0.3, -0.25) is 9.69 Å². The molecule has 4 rings (SSSR count). The Kier molecular flexibility index (Phi) is 4.88. The molecule has 1 atom stereocenters. The third-order valence-electron chi connectivity index (χ3n) is 5.26. The zero-order chi connectivity index (χ0) is 18.0. The molecule has 0 radical (unpaired) electrons. The summed E-state index contributed by atoms with van der Waals surface area (Å²) in [7, 11) is 0. The Morgan fingerprint density at radius 1 is 1.23 bits per heavy atom. The first-order valence-corrected chi connectivity index (χ1v) is 9.21. The maximum atomic E-state index is 12.6. The summed E-state index contributed by atoms with van der Waals surface area (Å²) in [4.78, 5) is 16.6. The van der Waals surface area contributed by atoms with Crippen LogP contribution in [0, 0.1) is 0 Å². The number of fused-ring (bicyclic) bond motifs is 1. The topological polar surface area (TPSA) is 83.7 Å². The van der Waals surface area contributed by atoms with Crippen LogP contribution in [0.1, 0.15) is 12.8 Å². The van der Waals surface area contributed by atoms with Crippen LogP contribution in [0.15, 0.2) is 24.3 Å². The quantitative estimate of drug-likeness (QED) is 0.816. The summed E-state index contributed by atoms with van der Waals surface area (Å²) in [5, 5.41) is 19.1. The number of aromatic nitrogens is 3. The maximum Gasteiger partial charge on any atom is 0.224 e. The van der Waals surface area contributed by atoms with Gasteiger partial charge in [-0.2, -0.15) is 0 Å². The zero-order valence-corrected chi connectivity index (χ0v) is 14.9. The SMILES string of the molecule is O=C(CCn1nnc2ccccc21)N1CC[C@](O)(CN2CCOCC2)C1. The van der Waals surface area contributed by atoms with E-state index in [1.54, 1.807) is 9.58 Å². The number of carbonyl (C=O) groups is 1. The summed E-state index contributed by atoms with van der Waals surface area (Å²) < 4.78 is 7.12. The molecular formula is C18H25N5O3. The average molecular weight is 359 g/mol. The predicted molar refractivity (Wildman–Crippen MR) is 95.6 cm³/mol. The van der Waals surface area contributed by atoms with Crippen molar-refractivity contribution in [1.82, 2.24) is 24.8 Å². The molecule has 0 aliphatic carbocycles. The fraction of sp³-hybridized carbons (Fsp3) is 0.611. The molecule has 2 aliphatic rings. The van der Waals surface area contributed by atoms with Crippen molar-refractivity contribution in [2.45, 2.75) is 25.0 Å². The summed E-state index contributed by atoms with van der Waals surface area (Å²) in [6, 6.07) is 7.73. The highest BCUT2D eigenvalue weighted by molar-refractivity contribution is 5.77. The Morgan fingerprint density at radius 3 is 2.88 bits per heavy atom. The summed E-state index contributed by atoms with van der Waals surface area (Å²) in [5.41, 5.74) is 0.957. The molecule has 2 fully saturated rings. The molecular weight excluding hydrogens is 334 g/mol. The lowest BCUT2D eigenvalue weighted by Crippen LogP contribution is -2.49. The lowest BCUT2D eigenvalue weighted by atomic mass is 10.0. The van der Waals surface area contributed by atoms with E-state index in [0.29, 0.717) is 52.2 Å². The summed E-state index contributed by atoms with van der Waals surface area (Å²) >= 11 is 0. The molecule has 2 saturated heterocycles. The minimum Gasteiger partial charge on any atom is -0.387 e. The number of hydrogen-bond donors (Lipinski definition) is 1. The van der Waals surface area contributed by atoms with E-state index in [0.717, 1.165) is 24.1 Å². The lowest BCUT2D eigenvalue weighted by Gasteiger charge is -2.33. The molecule has 0 bridgehead atoms. The number of morpholine rings is 1. The first-order chi connectivity index (χ1) is 12.6. The fourth-order valence-corrected chi connectivity index (χ4v) is 3.82. The molecule has 2 aliphatic heterocycles. The van der Waals surface area contributed by atoms with Crippen molar-refractivity contribution < 1.29 is 14.6 Å². The number of likely N-dealkylation sites (tertiary alicyclic amines) is 1. The van der Waals surface area contributed by atoms with Gasteiger partial charge in [0.1, 0.15) is 5.52 Å². The molecule has 26 heavy (non-hydrogen) atoms. The fourth-order valence-electron chi connectivity index (χ4n) is 3.82. The molecule has 0 saturated carbocycles. The van der Waals surface area contributed by atoms with Crippen molar-refractivity contribution in [1.29, 1.82) is 0 Å². The predicted octanol–water partition coefficient (Wildman–Crippen LogP) is 0.117. The standard InChI is InChI=1S/C18H25N5O3/c24-17(5-7-23-16-4-2-1-3-15(16)19-20-23)22-8-6-18(25,14-22)13-21-9-11-26-12-10-21/h1-4,25H,5-14H2/t18-/m0/s1. The monoisotopic (exact) mass is 359 g/mol.